The molecule has 0 bridgehead atoms. The van der Waals surface area contributed by atoms with Gasteiger partial charge in [-0.3, -0.25) is 9.59 Å². The second-order valence-corrected chi connectivity index (χ2v) is 30.7. The Hall–Kier alpha value is -1.000. The maximum atomic E-state index is 14.7. The van der Waals surface area contributed by atoms with Crippen LogP contribution in [0.3, 0.4) is 0 Å². The maximum Gasteiger partial charge on any atom is 0.312 e. The Bertz CT molecular complexity index is 1700. The highest BCUT2D eigenvalue weighted by molar-refractivity contribution is 8.27. The third-order valence-electron chi connectivity index (χ3n) is 15.1. The molecule has 0 aromatic rings. The number of carbonyl (C=O) groups is 2. The van der Waals surface area contributed by atoms with Crippen molar-refractivity contribution in [3.05, 3.63) is 12.3 Å². The standard InChI is InChI=1S/C52H102N2O8S4/c1-21-22-27-42(2)48(8,9)40-52(15,46(56)62-36-35-60-43(3)44(4)63)50(12,13)49(10,11)41-51(14,47(5,6)7)45(55)61-34-23-28-53(29-24-37-64(57)58)32-33-54(30-25-38-65(16,17)18)31-26-39-66(19,20)59/h42,44,59,63H,3,16-17,19-41H2,1-2,4-15,18H3,(H,57,58). The van der Waals surface area contributed by atoms with E-state index in [0.29, 0.717) is 56.2 Å². The van der Waals surface area contributed by atoms with Gasteiger partial charge in [-0.15, -0.1) is 9.49 Å². The molecule has 14 heteroatoms. The van der Waals surface area contributed by atoms with Crippen LogP contribution in [0.25, 0.3) is 0 Å². The Morgan fingerprint density at radius 3 is 1.64 bits per heavy atom. The molecule has 5 atom stereocenters. The van der Waals surface area contributed by atoms with Crippen molar-refractivity contribution in [3.8, 4) is 0 Å². The van der Waals surface area contributed by atoms with Crippen LogP contribution in [-0.2, 0) is 34.9 Å². The smallest absolute Gasteiger partial charge is 0.312 e. The van der Waals surface area contributed by atoms with E-state index in [1.165, 1.54) is 0 Å². The molecule has 0 aromatic carbocycles. The molecule has 0 fully saturated rings. The molecule has 2 N–H and O–H groups in total. The van der Waals surface area contributed by atoms with Crippen LogP contribution in [0.15, 0.2) is 12.3 Å². The molecule has 0 amide bonds. The van der Waals surface area contributed by atoms with Crippen LogP contribution < -0.4 is 0 Å². The molecular weight excluding hydrogens is 909 g/mol. The van der Waals surface area contributed by atoms with Gasteiger partial charge in [0.15, 0.2) is 11.1 Å². The van der Waals surface area contributed by atoms with Crippen LogP contribution >= 0.6 is 31.3 Å². The molecule has 0 aliphatic carbocycles. The quantitative estimate of drug-likeness (QED) is 0.0139. The number of ether oxygens (including phenoxy) is 3. The first-order chi connectivity index (χ1) is 29.9. The van der Waals surface area contributed by atoms with Crippen molar-refractivity contribution < 1.29 is 37.1 Å². The lowest BCUT2D eigenvalue weighted by Gasteiger charge is -2.57. The van der Waals surface area contributed by atoms with Gasteiger partial charge in [0.2, 0.25) is 0 Å². The summed E-state index contributed by atoms with van der Waals surface area (Å²) in [6.45, 7) is 38.9. The number of unbranched alkanes of at least 4 members (excludes halogenated alkanes) is 1. The van der Waals surface area contributed by atoms with Gasteiger partial charge in [-0.25, -0.2) is 13.4 Å². The summed E-state index contributed by atoms with van der Waals surface area (Å²) in [4.78, 5) is 34.0. The highest BCUT2D eigenvalue weighted by Gasteiger charge is 2.60. The van der Waals surface area contributed by atoms with Crippen molar-refractivity contribution in [3.63, 3.8) is 0 Å². The Morgan fingerprint density at radius 2 is 1.17 bits per heavy atom. The number of hydrogen-bond acceptors (Lipinski definition) is 10. The molecule has 0 aliphatic rings. The molecule has 0 aromatic heterocycles. The van der Waals surface area contributed by atoms with Crippen molar-refractivity contribution in [2.45, 2.75) is 160 Å². The molecule has 0 radical (unpaired) electrons. The Balaban J connectivity index is 6.48. The second-order valence-electron chi connectivity index (χ2n) is 23.1. The monoisotopic (exact) mass is 1010 g/mol. The minimum Gasteiger partial charge on any atom is -0.494 e. The molecule has 0 saturated carbocycles. The number of thiol groups is 1. The molecule has 66 heavy (non-hydrogen) atoms. The van der Waals surface area contributed by atoms with Gasteiger partial charge in [-0.05, 0) is 119 Å². The Morgan fingerprint density at radius 1 is 0.697 bits per heavy atom. The summed E-state index contributed by atoms with van der Waals surface area (Å²) >= 11 is 2.53. The van der Waals surface area contributed by atoms with E-state index in [-0.39, 0.29) is 48.2 Å². The number of hydrogen-bond donors (Lipinski definition) is 3. The van der Waals surface area contributed by atoms with Gasteiger partial charge < -0.3 is 33.1 Å². The van der Waals surface area contributed by atoms with Crippen LogP contribution in [0.1, 0.15) is 155 Å². The number of carbonyl (C=O) groups excluding carboxylic acids is 2. The molecular formula is C52H102N2O8S4. The summed E-state index contributed by atoms with van der Waals surface area (Å²) in [5.41, 5.74) is -3.75. The third kappa shape index (κ3) is 22.8. The van der Waals surface area contributed by atoms with Gasteiger partial charge in [-0.1, -0.05) is 125 Å². The minimum absolute atomic E-state index is 0.0900. The lowest BCUT2D eigenvalue weighted by molar-refractivity contribution is -0.183. The zero-order chi connectivity index (χ0) is 51.6. The zero-order valence-electron chi connectivity index (χ0n) is 44.9. The largest absolute Gasteiger partial charge is 0.494 e. The molecule has 0 rings (SSSR count). The summed E-state index contributed by atoms with van der Waals surface area (Å²) in [5, 5.41) is -0.141. The predicted molar refractivity (Wildman–Crippen MR) is 299 cm³/mol. The zero-order valence-corrected chi connectivity index (χ0v) is 48.3. The maximum absolute atomic E-state index is 14.7. The topological polar surface area (TPSA) is 126 Å². The van der Waals surface area contributed by atoms with E-state index >= 15 is 0 Å². The predicted octanol–water partition coefficient (Wildman–Crippen LogP) is 11.5. The lowest BCUT2D eigenvalue weighted by Crippen LogP contribution is -2.56. The van der Waals surface area contributed by atoms with Crippen molar-refractivity contribution in [1.29, 1.82) is 0 Å². The van der Waals surface area contributed by atoms with Crippen LogP contribution in [0.2, 0.25) is 0 Å². The fourth-order valence-electron chi connectivity index (χ4n) is 8.79. The fourth-order valence-corrected chi connectivity index (χ4v) is 10.7. The van der Waals surface area contributed by atoms with Crippen LogP contribution in [0.5, 0.6) is 0 Å². The van der Waals surface area contributed by atoms with Crippen LogP contribution in [0.4, 0.5) is 0 Å². The van der Waals surface area contributed by atoms with Crippen molar-refractivity contribution in [2.24, 2.45) is 38.4 Å². The molecule has 0 aliphatic heterocycles. The van der Waals surface area contributed by atoms with E-state index in [1.54, 1.807) is 0 Å². The molecule has 0 spiro atoms. The molecule has 0 saturated heterocycles. The first kappa shape index (κ1) is 65.0. The number of nitrogens with zero attached hydrogens (tertiary/aromatic N) is 2. The van der Waals surface area contributed by atoms with E-state index in [9.17, 15) is 22.9 Å². The first-order valence-electron chi connectivity index (χ1n) is 24.4. The van der Waals surface area contributed by atoms with E-state index in [1.807, 2.05) is 13.8 Å². The average molecular weight is 1010 g/mol. The van der Waals surface area contributed by atoms with Crippen molar-refractivity contribution in [2.75, 3.05) is 82.6 Å². The first-order valence-corrected chi connectivity index (χ1v) is 30.8. The number of esters is 2. The van der Waals surface area contributed by atoms with E-state index < -0.39 is 56.8 Å². The third-order valence-corrected chi connectivity index (χ3v) is 18.4. The summed E-state index contributed by atoms with van der Waals surface area (Å²) in [6.07, 6.45) is 9.43. The van der Waals surface area contributed by atoms with E-state index in [4.69, 9.17) is 14.2 Å². The van der Waals surface area contributed by atoms with Gasteiger partial charge in [0, 0.05) is 25.4 Å². The van der Waals surface area contributed by atoms with E-state index in [2.05, 4.69) is 142 Å². The van der Waals surface area contributed by atoms with Gasteiger partial charge in [0.05, 0.1) is 28.4 Å². The molecule has 392 valence electrons. The molecule has 0 heterocycles. The summed E-state index contributed by atoms with van der Waals surface area (Å²) in [5.74, 6) is 18.3. The SMILES string of the molecule is C=C(OCCOC(=O)C(C)(CC(C)(C)C(C)CCCC)C(C)(C)C(C)(C)CC(C)(C(=O)OCCCN(CCCS(=O)O)CCN(CCCS(=C)(=C)C)CCCS(=C)(=C)O)C(C)(C)C)C(C)S. The lowest BCUT2D eigenvalue weighted by atomic mass is 9.46. The minimum atomic E-state index is -2.08. The summed E-state index contributed by atoms with van der Waals surface area (Å²) in [6, 6.07) is 0. The second kappa shape index (κ2) is 28.1. The highest BCUT2D eigenvalue weighted by atomic mass is 32.2. The normalized spacial score (nSPS) is 16.6. The van der Waals surface area contributed by atoms with Crippen molar-refractivity contribution in [1.82, 2.24) is 9.80 Å². The Labute approximate surface area is 415 Å². The van der Waals surface area contributed by atoms with Gasteiger partial charge in [0.1, 0.15) is 19.0 Å². The highest BCUT2D eigenvalue weighted by Crippen LogP contribution is 2.62. The summed E-state index contributed by atoms with van der Waals surface area (Å²) in [7, 11) is -3.20. The average Bonchev–Trinajstić information content (AvgIpc) is 3.15. The van der Waals surface area contributed by atoms with Crippen LogP contribution in [0, 0.1) is 38.4 Å². The fraction of sp³-hybridized carbons (Fsp3) is 0.846. The Kier molecular flexibility index (Phi) is 27.7. The summed E-state index contributed by atoms with van der Waals surface area (Å²) < 4.78 is 49.4. The number of rotatable bonds is 36. The van der Waals surface area contributed by atoms with Crippen molar-refractivity contribution >= 4 is 77.8 Å². The van der Waals surface area contributed by atoms with Crippen LogP contribution in [-0.4, -0.2) is 146 Å². The van der Waals surface area contributed by atoms with Gasteiger partial charge >= 0.3 is 11.9 Å². The van der Waals surface area contributed by atoms with Gasteiger partial charge in [0.25, 0.3) is 0 Å². The van der Waals surface area contributed by atoms with Gasteiger partial charge in [-0.2, -0.15) is 12.6 Å². The molecule has 10 nitrogen and oxygen atoms in total. The van der Waals surface area contributed by atoms with E-state index in [0.717, 1.165) is 64.0 Å². The molecule has 5 unspecified atom stereocenters.